The van der Waals surface area contributed by atoms with E-state index in [9.17, 15) is 10.2 Å². The highest BCUT2D eigenvalue weighted by molar-refractivity contribution is 5.94. The summed E-state index contributed by atoms with van der Waals surface area (Å²) in [4.78, 5) is 11.7. The number of para-hydroxylation sites is 1. The minimum absolute atomic E-state index is 0.489. The van der Waals surface area contributed by atoms with Crippen molar-refractivity contribution in [3.63, 3.8) is 0 Å². The molecule has 1 aliphatic heterocycles. The quantitative estimate of drug-likeness (QED) is 0.307. The van der Waals surface area contributed by atoms with E-state index in [-0.39, 0.29) is 0 Å². The Kier molecular flexibility index (Phi) is 6.78. The lowest BCUT2D eigenvalue weighted by Gasteiger charge is -2.15. The summed E-state index contributed by atoms with van der Waals surface area (Å²) < 4.78 is 12.8. The average molecular weight is 511 g/mol. The topological polar surface area (TPSA) is 92.9 Å². The lowest BCUT2D eigenvalue weighted by molar-refractivity contribution is 0.0572. The first-order chi connectivity index (χ1) is 18.6. The third kappa shape index (κ3) is 4.87. The molecule has 6 rings (SSSR count). The van der Waals surface area contributed by atoms with E-state index in [0.717, 1.165) is 50.2 Å². The molecule has 2 aromatic heterocycles. The standard InChI is InChI=1S/C30H30N4O4/c1-37-13-14-38-23-10-11-26-25(15-23)31-19-34(26)29-12-9-22-3-2-4-24(30(22)32-29)21-7-5-20(6-8-21)16-33-17-27(35)28(36)18-33/h2-12,15,19,27-28,35-36H,13-14,16-18H2,1H3/t27-,28-/m1/s1. The van der Waals surface area contributed by atoms with Gasteiger partial charge in [0.25, 0.3) is 0 Å². The molecule has 0 aliphatic carbocycles. The smallest absolute Gasteiger partial charge is 0.139 e. The van der Waals surface area contributed by atoms with Gasteiger partial charge < -0.3 is 19.7 Å². The molecule has 0 spiro atoms. The van der Waals surface area contributed by atoms with Gasteiger partial charge in [0.2, 0.25) is 0 Å². The van der Waals surface area contributed by atoms with Gasteiger partial charge in [0, 0.05) is 43.8 Å². The highest BCUT2D eigenvalue weighted by atomic mass is 16.5. The van der Waals surface area contributed by atoms with Gasteiger partial charge in [-0.15, -0.1) is 0 Å². The molecule has 8 nitrogen and oxygen atoms in total. The van der Waals surface area contributed by atoms with E-state index in [1.165, 1.54) is 0 Å². The summed E-state index contributed by atoms with van der Waals surface area (Å²) in [5, 5.41) is 20.7. The number of hydrogen-bond acceptors (Lipinski definition) is 7. The zero-order valence-electron chi connectivity index (χ0n) is 21.2. The van der Waals surface area contributed by atoms with Gasteiger partial charge in [-0.2, -0.15) is 0 Å². The number of ether oxygens (including phenoxy) is 2. The van der Waals surface area contributed by atoms with E-state index < -0.39 is 12.2 Å². The predicted octanol–water partition coefficient (Wildman–Crippen LogP) is 3.80. The molecule has 3 heterocycles. The molecule has 0 radical (unpaired) electrons. The number of pyridine rings is 1. The normalized spacial score (nSPS) is 18.0. The number of aromatic nitrogens is 3. The molecule has 0 unspecified atom stereocenters. The number of hydrogen-bond donors (Lipinski definition) is 2. The van der Waals surface area contributed by atoms with Crippen LogP contribution in [-0.2, 0) is 11.3 Å². The zero-order chi connectivity index (χ0) is 26.1. The van der Waals surface area contributed by atoms with Gasteiger partial charge in [-0.05, 0) is 35.4 Å². The number of β-amino-alcohol motifs (C(OH)–C–C–N with tert-alkyl or cyclic N) is 2. The number of methoxy groups -OCH3 is 1. The van der Waals surface area contributed by atoms with Crippen LogP contribution in [0, 0.1) is 0 Å². The third-order valence-electron chi connectivity index (χ3n) is 7.03. The molecule has 2 atom stereocenters. The van der Waals surface area contributed by atoms with Gasteiger partial charge in [0.1, 0.15) is 24.5 Å². The summed E-state index contributed by atoms with van der Waals surface area (Å²) in [6.45, 7) is 2.70. The van der Waals surface area contributed by atoms with E-state index in [2.05, 4.69) is 58.4 Å². The number of benzene rings is 3. The first-order valence-corrected chi connectivity index (χ1v) is 12.8. The van der Waals surface area contributed by atoms with Crippen LogP contribution < -0.4 is 4.74 Å². The number of nitrogens with zero attached hydrogens (tertiary/aromatic N) is 4. The van der Waals surface area contributed by atoms with Crippen LogP contribution in [0.25, 0.3) is 38.9 Å². The van der Waals surface area contributed by atoms with Crippen molar-refractivity contribution in [2.45, 2.75) is 18.8 Å². The van der Waals surface area contributed by atoms with Crippen molar-refractivity contribution < 1.29 is 19.7 Å². The van der Waals surface area contributed by atoms with Crippen molar-refractivity contribution >= 4 is 21.9 Å². The Labute approximate surface area is 220 Å². The second-order valence-corrected chi connectivity index (χ2v) is 9.68. The second-order valence-electron chi connectivity index (χ2n) is 9.68. The first kappa shape index (κ1) is 24.5. The van der Waals surface area contributed by atoms with E-state index in [1.54, 1.807) is 13.4 Å². The van der Waals surface area contributed by atoms with Crippen molar-refractivity contribution in [3.05, 3.63) is 84.7 Å². The van der Waals surface area contributed by atoms with Crippen LogP contribution in [0.4, 0.5) is 0 Å². The molecule has 194 valence electrons. The molecule has 1 saturated heterocycles. The largest absolute Gasteiger partial charge is 0.491 e. The number of fused-ring (bicyclic) bond motifs is 2. The van der Waals surface area contributed by atoms with E-state index in [4.69, 9.17) is 14.5 Å². The maximum Gasteiger partial charge on any atom is 0.139 e. The lowest BCUT2D eigenvalue weighted by atomic mass is 10.0. The summed E-state index contributed by atoms with van der Waals surface area (Å²) >= 11 is 0. The molecule has 38 heavy (non-hydrogen) atoms. The number of aliphatic hydroxyl groups excluding tert-OH is 2. The average Bonchev–Trinajstić information content (AvgIpc) is 3.50. The summed E-state index contributed by atoms with van der Waals surface area (Å²) in [6, 6.07) is 24.6. The molecular formula is C30H30N4O4. The van der Waals surface area contributed by atoms with Crippen LogP contribution >= 0.6 is 0 Å². The molecule has 1 aliphatic rings. The fraction of sp³-hybridized carbons (Fsp3) is 0.267. The Morgan fingerprint density at radius 1 is 0.921 bits per heavy atom. The Morgan fingerprint density at radius 2 is 1.74 bits per heavy atom. The van der Waals surface area contributed by atoms with Gasteiger partial charge in [0.05, 0.1) is 35.4 Å². The van der Waals surface area contributed by atoms with Gasteiger partial charge in [-0.1, -0.05) is 42.5 Å². The van der Waals surface area contributed by atoms with Gasteiger partial charge in [-0.25, -0.2) is 9.97 Å². The first-order valence-electron chi connectivity index (χ1n) is 12.8. The fourth-order valence-corrected chi connectivity index (χ4v) is 5.04. The molecule has 3 aromatic carbocycles. The molecule has 0 bridgehead atoms. The summed E-state index contributed by atoms with van der Waals surface area (Å²) in [5.74, 6) is 1.55. The zero-order valence-corrected chi connectivity index (χ0v) is 21.2. The third-order valence-corrected chi connectivity index (χ3v) is 7.03. The summed E-state index contributed by atoms with van der Waals surface area (Å²) in [7, 11) is 1.65. The lowest BCUT2D eigenvalue weighted by Crippen LogP contribution is -2.22. The molecular weight excluding hydrogens is 480 g/mol. The summed E-state index contributed by atoms with van der Waals surface area (Å²) in [5.41, 5.74) is 5.99. The molecule has 1 fully saturated rings. The van der Waals surface area contributed by atoms with Crippen molar-refractivity contribution in [2.24, 2.45) is 0 Å². The highest BCUT2D eigenvalue weighted by Crippen LogP contribution is 2.30. The van der Waals surface area contributed by atoms with E-state index in [0.29, 0.717) is 32.8 Å². The van der Waals surface area contributed by atoms with Crippen LogP contribution in [0.5, 0.6) is 5.75 Å². The number of imidazole rings is 1. The maximum atomic E-state index is 9.83. The van der Waals surface area contributed by atoms with Gasteiger partial charge >= 0.3 is 0 Å². The van der Waals surface area contributed by atoms with Gasteiger partial charge in [0.15, 0.2) is 0 Å². The molecule has 8 heteroatoms. The van der Waals surface area contributed by atoms with E-state index >= 15 is 0 Å². The van der Waals surface area contributed by atoms with Crippen molar-refractivity contribution in [1.29, 1.82) is 0 Å². The Bertz CT molecular complexity index is 1560. The van der Waals surface area contributed by atoms with Crippen LogP contribution in [0.2, 0.25) is 0 Å². The Morgan fingerprint density at radius 3 is 2.53 bits per heavy atom. The molecule has 0 amide bonds. The molecule has 2 N–H and O–H groups in total. The highest BCUT2D eigenvalue weighted by Gasteiger charge is 2.29. The molecule has 0 saturated carbocycles. The Hall–Kier alpha value is -3.82. The minimum Gasteiger partial charge on any atom is -0.491 e. The maximum absolute atomic E-state index is 9.83. The van der Waals surface area contributed by atoms with Crippen molar-refractivity contribution in [1.82, 2.24) is 19.4 Å². The summed E-state index contributed by atoms with van der Waals surface area (Å²) in [6.07, 6.45) is 0.449. The Balaban J connectivity index is 1.28. The van der Waals surface area contributed by atoms with Crippen molar-refractivity contribution in [2.75, 3.05) is 33.4 Å². The van der Waals surface area contributed by atoms with Crippen LogP contribution in [-0.4, -0.2) is 75.3 Å². The molecule has 5 aromatic rings. The van der Waals surface area contributed by atoms with Crippen LogP contribution in [0.3, 0.4) is 0 Å². The SMILES string of the molecule is COCCOc1ccc2c(c1)ncn2-c1ccc2cccc(-c3ccc(CN4C[C@@H](O)[C@H](O)C4)cc3)c2n1. The fourth-order valence-electron chi connectivity index (χ4n) is 5.04. The number of rotatable bonds is 8. The monoisotopic (exact) mass is 510 g/mol. The predicted molar refractivity (Wildman–Crippen MR) is 146 cm³/mol. The second kappa shape index (κ2) is 10.5. The number of aliphatic hydroxyl groups is 2. The number of likely N-dealkylation sites (tertiary alicyclic amines) is 1. The van der Waals surface area contributed by atoms with Gasteiger partial charge in [-0.3, -0.25) is 9.47 Å². The van der Waals surface area contributed by atoms with Crippen LogP contribution in [0.15, 0.2) is 79.1 Å². The van der Waals surface area contributed by atoms with E-state index in [1.807, 2.05) is 28.8 Å². The van der Waals surface area contributed by atoms with Crippen LogP contribution in [0.1, 0.15) is 5.56 Å². The van der Waals surface area contributed by atoms with Crippen molar-refractivity contribution in [3.8, 4) is 22.7 Å². The minimum atomic E-state index is -0.672.